The topological polar surface area (TPSA) is 86.2 Å². The number of hydrogen-bond acceptors (Lipinski definition) is 5. The molecule has 1 heterocycles. The molecule has 7 heteroatoms. The van der Waals surface area contributed by atoms with E-state index in [1.807, 2.05) is 11.8 Å². The van der Waals surface area contributed by atoms with Gasteiger partial charge >= 0.3 is 5.69 Å². The van der Waals surface area contributed by atoms with Crippen LogP contribution in [-0.2, 0) is 14.1 Å². The Morgan fingerprint density at radius 2 is 2.00 bits per heavy atom. The van der Waals surface area contributed by atoms with Gasteiger partial charge in [-0.1, -0.05) is 0 Å². The molecular weight excluding hydrogens is 222 g/mol. The Kier molecular flexibility index (Phi) is 4.45. The molecule has 0 saturated heterocycles. The molecular formula is C10H19N5O2. The molecule has 1 aromatic heterocycles. The first-order valence-corrected chi connectivity index (χ1v) is 5.62. The Bertz CT molecular complexity index is 490. The van der Waals surface area contributed by atoms with Gasteiger partial charge in [-0.3, -0.25) is 9.36 Å². The van der Waals surface area contributed by atoms with Gasteiger partial charge in [-0.15, -0.1) is 5.10 Å². The van der Waals surface area contributed by atoms with Crippen LogP contribution in [0.25, 0.3) is 0 Å². The maximum atomic E-state index is 11.9. The molecule has 7 nitrogen and oxygen atoms in total. The minimum atomic E-state index is -0.423. The highest BCUT2D eigenvalue weighted by Gasteiger charge is 2.14. The zero-order valence-corrected chi connectivity index (χ0v) is 10.5. The summed E-state index contributed by atoms with van der Waals surface area (Å²) in [6.45, 7) is 3.80. The maximum Gasteiger partial charge on any atom is 0.346 e. The Morgan fingerprint density at radius 3 is 2.53 bits per heavy atom. The fourth-order valence-corrected chi connectivity index (χ4v) is 1.58. The van der Waals surface area contributed by atoms with E-state index in [9.17, 15) is 9.59 Å². The molecule has 1 rings (SSSR count). The SMILES string of the molecule is CCN(CCCN)c1nn(C)c(=O)n(C)c1=O. The molecule has 0 fully saturated rings. The third-order valence-electron chi connectivity index (χ3n) is 2.62. The Labute approximate surface area is 99.5 Å². The number of nitrogens with two attached hydrogens (primary N) is 1. The summed E-state index contributed by atoms with van der Waals surface area (Å²) in [6, 6.07) is 0. The molecule has 0 saturated carbocycles. The number of nitrogens with zero attached hydrogens (tertiary/aromatic N) is 4. The van der Waals surface area contributed by atoms with Crippen molar-refractivity contribution >= 4 is 5.82 Å². The lowest BCUT2D eigenvalue weighted by Gasteiger charge is -2.21. The molecule has 2 N–H and O–H groups in total. The standard InChI is InChI=1S/C10H19N5O2/c1-4-15(7-5-6-11)8-9(16)13(2)10(17)14(3)12-8/h4-7,11H2,1-3H3. The smallest absolute Gasteiger partial charge is 0.346 e. The van der Waals surface area contributed by atoms with Gasteiger partial charge in [0.15, 0.2) is 0 Å². The second kappa shape index (κ2) is 5.62. The average molecular weight is 241 g/mol. The number of rotatable bonds is 5. The second-order valence-electron chi connectivity index (χ2n) is 3.82. The predicted molar refractivity (Wildman–Crippen MR) is 66.3 cm³/mol. The van der Waals surface area contributed by atoms with Gasteiger partial charge in [-0.25, -0.2) is 9.48 Å². The molecule has 0 aliphatic heterocycles. The Hall–Kier alpha value is -1.63. The molecule has 1 aromatic rings. The third kappa shape index (κ3) is 2.73. The normalized spacial score (nSPS) is 10.6. The van der Waals surface area contributed by atoms with Crippen LogP contribution in [0.3, 0.4) is 0 Å². The number of aryl methyl sites for hydroxylation is 1. The summed E-state index contributed by atoms with van der Waals surface area (Å²) in [6.07, 6.45) is 0.779. The summed E-state index contributed by atoms with van der Waals surface area (Å²) >= 11 is 0. The molecule has 96 valence electrons. The van der Waals surface area contributed by atoms with Gasteiger partial charge in [0.05, 0.1) is 0 Å². The number of aromatic nitrogens is 3. The lowest BCUT2D eigenvalue weighted by atomic mass is 10.3. The van der Waals surface area contributed by atoms with Crippen LogP contribution in [0.2, 0.25) is 0 Å². The fourth-order valence-electron chi connectivity index (χ4n) is 1.58. The van der Waals surface area contributed by atoms with Gasteiger partial charge in [0.25, 0.3) is 5.56 Å². The van der Waals surface area contributed by atoms with E-state index in [4.69, 9.17) is 5.73 Å². The minimum Gasteiger partial charge on any atom is -0.351 e. The van der Waals surface area contributed by atoms with Crippen molar-refractivity contribution in [3.8, 4) is 0 Å². The molecule has 0 amide bonds. The first-order valence-electron chi connectivity index (χ1n) is 5.62. The third-order valence-corrected chi connectivity index (χ3v) is 2.62. The van der Waals surface area contributed by atoms with Crippen LogP contribution >= 0.6 is 0 Å². The van der Waals surface area contributed by atoms with E-state index in [1.165, 1.54) is 18.8 Å². The van der Waals surface area contributed by atoms with Crippen LogP contribution in [0.5, 0.6) is 0 Å². The van der Waals surface area contributed by atoms with Crippen LogP contribution in [0.4, 0.5) is 5.82 Å². The molecule has 0 aromatic carbocycles. The Morgan fingerprint density at radius 1 is 1.35 bits per heavy atom. The Balaban J connectivity index is 3.21. The van der Waals surface area contributed by atoms with E-state index >= 15 is 0 Å². The molecule has 0 bridgehead atoms. The molecule has 0 spiro atoms. The molecule has 0 unspecified atom stereocenters. The zero-order valence-electron chi connectivity index (χ0n) is 10.5. The number of hydrogen-bond donors (Lipinski definition) is 1. The van der Waals surface area contributed by atoms with Crippen LogP contribution < -0.4 is 21.9 Å². The van der Waals surface area contributed by atoms with Gasteiger partial charge in [0.1, 0.15) is 0 Å². The molecule has 0 atom stereocenters. The van der Waals surface area contributed by atoms with Crippen molar-refractivity contribution in [3.05, 3.63) is 20.8 Å². The summed E-state index contributed by atoms with van der Waals surface area (Å²) in [4.78, 5) is 25.2. The average Bonchev–Trinajstić information content (AvgIpc) is 2.33. The van der Waals surface area contributed by atoms with Gasteiger partial charge in [-0.05, 0) is 19.9 Å². The quantitative estimate of drug-likeness (QED) is 0.689. The van der Waals surface area contributed by atoms with Crippen molar-refractivity contribution in [2.24, 2.45) is 19.8 Å². The summed E-state index contributed by atoms with van der Waals surface area (Å²) in [7, 11) is 2.98. The van der Waals surface area contributed by atoms with E-state index in [1.54, 1.807) is 0 Å². The molecule has 0 radical (unpaired) electrons. The van der Waals surface area contributed by atoms with Crippen molar-refractivity contribution in [3.63, 3.8) is 0 Å². The van der Waals surface area contributed by atoms with Crippen LogP contribution in [0.15, 0.2) is 9.59 Å². The van der Waals surface area contributed by atoms with Crippen molar-refractivity contribution in [2.45, 2.75) is 13.3 Å². The van der Waals surface area contributed by atoms with E-state index in [0.717, 1.165) is 11.0 Å². The maximum absolute atomic E-state index is 11.9. The second-order valence-corrected chi connectivity index (χ2v) is 3.82. The van der Waals surface area contributed by atoms with E-state index in [-0.39, 0.29) is 5.56 Å². The highest BCUT2D eigenvalue weighted by molar-refractivity contribution is 5.34. The van der Waals surface area contributed by atoms with Gasteiger partial charge in [-0.2, -0.15) is 0 Å². The molecule has 0 aliphatic carbocycles. The van der Waals surface area contributed by atoms with Crippen molar-refractivity contribution in [2.75, 3.05) is 24.5 Å². The van der Waals surface area contributed by atoms with E-state index < -0.39 is 5.69 Å². The van der Waals surface area contributed by atoms with E-state index in [2.05, 4.69) is 5.10 Å². The van der Waals surface area contributed by atoms with Crippen molar-refractivity contribution in [1.82, 2.24) is 14.3 Å². The predicted octanol–water partition coefficient (Wildman–Crippen LogP) is -1.35. The molecule has 0 aliphatic rings. The van der Waals surface area contributed by atoms with Crippen molar-refractivity contribution < 1.29 is 0 Å². The van der Waals surface area contributed by atoms with Crippen LogP contribution in [-0.4, -0.2) is 34.0 Å². The lowest BCUT2D eigenvalue weighted by molar-refractivity contribution is 0.586. The first kappa shape index (κ1) is 13.4. The van der Waals surface area contributed by atoms with E-state index in [0.29, 0.717) is 25.5 Å². The zero-order chi connectivity index (χ0) is 13.0. The largest absolute Gasteiger partial charge is 0.351 e. The number of anilines is 1. The van der Waals surface area contributed by atoms with Crippen LogP contribution in [0, 0.1) is 0 Å². The monoisotopic (exact) mass is 241 g/mol. The minimum absolute atomic E-state index is 0.297. The van der Waals surface area contributed by atoms with Crippen molar-refractivity contribution in [1.29, 1.82) is 0 Å². The molecule has 17 heavy (non-hydrogen) atoms. The summed E-state index contributed by atoms with van der Waals surface area (Å²) < 4.78 is 2.23. The van der Waals surface area contributed by atoms with Crippen LogP contribution in [0.1, 0.15) is 13.3 Å². The highest BCUT2D eigenvalue weighted by Crippen LogP contribution is 2.01. The van der Waals surface area contributed by atoms with Gasteiger partial charge in [0, 0.05) is 27.2 Å². The summed E-state index contributed by atoms with van der Waals surface area (Å²) in [5.74, 6) is 0.297. The van der Waals surface area contributed by atoms with Gasteiger partial charge < -0.3 is 10.6 Å². The fraction of sp³-hybridized carbons (Fsp3) is 0.700. The highest BCUT2D eigenvalue weighted by atomic mass is 16.2. The lowest BCUT2D eigenvalue weighted by Crippen LogP contribution is -2.43. The first-order chi connectivity index (χ1) is 8.02. The summed E-state index contributed by atoms with van der Waals surface area (Å²) in [5, 5.41) is 4.01. The summed E-state index contributed by atoms with van der Waals surface area (Å²) in [5.41, 5.74) is 4.65. The van der Waals surface area contributed by atoms with Gasteiger partial charge in [0.2, 0.25) is 5.82 Å².